The summed E-state index contributed by atoms with van der Waals surface area (Å²) in [6.45, 7) is 1.68. The Labute approximate surface area is 59.0 Å². The van der Waals surface area contributed by atoms with Crippen molar-refractivity contribution in [2.24, 2.45) is 5.73 Å². The summed E-state index contributed by atoms with van der Waals surface area (Å²) in [5, 5.41) is 8.25. The molecule has 0 aliphatic carbocycles. The molecule has 0 saturated heterocycles. The Kier molecular flexibility index (Phi) is 3.64. The lowest BCUT2D eigenvalue weighted by atomic mass is 10.1. The Morgan fingerprint density at radius 3 is 2.40 bits per heavy atom. The van der Waals surface area contributed by atoms with Gasteiger partial charge in [-0.1, -0.05) is 6.92 Å². The van der Waals surface area contributed by atoms with Crippen LogP contribution in [0.5, 0.6) is 0 Å². The fourth-order valence-electron chi connectivity index (χ4n) is 0.477. The lowest BCUT2D eigenvalue weighted by Gasteiger charge is -2.02. The Morgan fingerprint density at radius 2 is 2.10 bits per heavy atom. The van der Waals surface area contributed by atoms with Gasteiger partial charge in [-0.15, -0.1) is 0 Å². The van der Waals surface area contributed by atoms with Crippen molar-refractivity contribution in [2.45, 2.75) is 25.8 Å². The Bertz CT molecular complexity index is 144. The molecule has 3 N–H and O–H groups in total. The maximum absolute atomic E-state index is 10.6. The van der Waals surface area contributed by atoms with Gasteiger partial charge < -0.3 is 10.8 Å². The highest BCUT2D eigenvalue weighted by molar-refractivity contribution is 5.85. The zero-order valence-electron chi connectivity index (χ0n) is 5.83. The Morgan fingerprint density at radius 1 is 1.60 bits per heavy atom. The minimum absolute atomic E-state index is 0.0637. The number of carboxylic acid groups (broad SMARTS) is 1. The van der Waals surface area contributed by atoms with Gasteiger partial charge >= 0.3 is 5.97 Å². The molecule has 0 aliphatic rings. The largest absolute Gasteiger partial charge is 0.480 e. The second kappa shape index (κ2) is 4.00. The molecule has 58 valence electrons. The van der Waals surface area contributed by atoms with Crippen molar-refractivity contribution < 1.29 is 14.7 Å². The maximum atomic E-state index is 10.6. The molecule has 4 nitrogen and oxygen atoms in total. The van der Waals surface area contributed by atoms with Gasteiger partial charge in [0, 0.05) is 12.8 Å². The quantitative estimate of drug-likeness (QED) is 0.572. The fraction of sp³-hybridized carbons (Fsp3) is 0.667. The summed E-state index contributed by atoms with van der Waals surface area (Å²) >= 11 is 0. The first-order valence-corrected chi connectivity index (χ1v) is 3.08. The number of carbonyl (C=O) groups is 2. The number of ketones is 1. The van der Waals surface area contributed by atoms with Crippen molar-refractivity contribution in [3.8, 4) is 0 Å². The molecule has 0 radical (unpaired) electrons. The van der Waals surface area contributed by atoms with Crippen molar-refractivity contribution >= 4 is 11.8 Å². The molecule has 0 rings (SSSR count). The molecule has 10 heavy (non-hydrogen) atoms. The third kappa shape index (κ3) is 3.19. The lowest BCUT2D eigenvalue weighted by Crippen LogP contribution is -2.32. The summed E-state index contributed by atoms with van der Waals surface area (Å²) in [6, 6.07) is -1.03. The van der Waals surface area contributed by atoms with Crippen LogP contribution < -0.4 is 5.73 Å². The number of rotatable bonds is 4. The molecule has 0 aromatic heterocycles. The van der Waals surface area contributed by atoms with Crippen LogP contribution in [0.15, 0.2) is 0 Å². The van der Waals surface area contributed by atoms with E-state index in [-0.39, 0.29) is 12.2 Å². The average Bonchev–Trinajstić information content (AvgIpc) is 1.87. The Hall–Kier alpha value is -0.900. The van der Waals surface area contributed by atoms with Crippen LogP contribution in [0.25, 0.3) is 0 Å². The van der Waals surface area contributed by atoms with Gasteiger partial charge in [0.25, 0.3) is 0 Å². The summed E-state index contributed by atoms with van der Waals surface area (Å²) in [5.74, 6) is -1.24. The van der Waals surface area contributed by atoms with Crippen LogP contribution in [0.4, 0.5) is 0 Å². The molecule has 0 fully saturated rings. The number of hydrogen-bond donors (Lipinski definition) is 2. The first-order valence-electron chi connectivity index (χ1n) is 3.08. The van der Waals surface area contributed by atoms with Crippen LogP contribution >= 0.6 is 0 Å². The molecule has 0 bridgehead atoms. The van der Waals surface area contributed by atoms with Crippen molar-refractivity contribution in [2.75, 3.05) is 0 Å². The van der Waals surface area contributed by atoms with E-state index in [4.69, 9.17) is 10.8 Å². The standard InChI is InChI=1S/C6H11NO3/c1-2-4(8)3-5(7)6(9)10/h5H,2-3,7H2,1H3,(H,9,10). The van der Waals surface area contributed by atoms with E-state index in [0.717, 1.165) is 0 Å². The predicted molar refractivity (Wildman–Crippen MR) is 35.5 cm³/mol. The van der Waals surface area contributed by atoms with Crippen molar-refractivity contribution in [1.82, 2.24) is 0 Å². The van der Waals surface area contributed by atoms with E-state index in [0.29, 0.717) is 6.42 Å². The van der Waals surface area contributed by atoms with E-state index in [9.17, 15) is 9.59 Å². The maximum Gasteiger partial charge on any atom is 0.320 e. The van der Waals surface area contributed by atoms with Crippen molar-refractivity contribution in [3.05, 3.63) is 0 Å². The Balaban J connectivity index is 3.68. The molecule has 0 heterocycles. The normalized spacial score (nSPS) is 12.6. The first-order chi connectivity index (χ1) is 4.57. The predicted octanol–water partition coefficient (Wildman–Crippen LogP) is -0.232. The number of nitrogens with two attached hydrogens (primary N) is 1. The minimum atomic E-state index is -1.12. The molecule has 0 saturated carbocycles. The molecule has 0 aromatic carbocycles. The average molecular weight is 145 g/mol. The second-order valence-corrected chi connectivity index (χ2v) is 2.04. The van der Waals surface area contributed by atoms with Crippen LogP contribution in [-0.4, -0.2) is 22.9 Å². The van der Waals surface area contributed by atoms with Crippen LogP contribution in [0, 0.1) is 0 Å². The molecule has 0 spiro atoms. The highest BCUT2D eigenvalue weighted by atomic mass is 16.4. The highest BCUT2D eigenvalue weighted by Crippen LogP contribution is 1.92. The number of aliphatic carboxylic acids is 1. The summed E-state index contributed by atoms with van der Waals surface area (Å²) in [5.41, 5.74) is 5.07. The molecule has 1 atom stereocenters. The molecule has 1 unspecified atom stereocenters. The summed E-state index contributed by atoms with van der Waals surface area (Å²) in [6.07, 6.45) is 0.285. The van der Waals surface area contributed by atoms with Gasteiger partial charge in [0.15, 0.2) is 0 Å². The van der Waals surface area contributed by atoms with Crippen LogP contribution in [0.1, 0.15) is 19.8 Å². The van der Waals surface area contributed by atoms with Gasteiger partial charge in [0.05, 0.1) is 0 Å². The number of carbonyl (C=O) groups excluding carboxylic acids is 1. The molecule has 0 aromatic rings. The SMILES string of the molecule is CCC(=O)CC(N)C(=O)O. The van der Waals surface area contributed by atoms with Gasteiger partial charge in [0.1, 0.15) is 11.8 Å². The van der Waals surface area contributed by atoms with E-state index in [1.54, 1.807) is 6.92 Å². The van der Waals surface area contributed by atoms with E-state index >= 15 is 0 Å². The van der Waals surface area contributed by atoms with Gasteiger partial charge in [-0.2, -0.15) is 0 Å². The van der Waals surface area contributed by atoms with Crippen LogP contribution in [0.3, 0.4) is 0 Å². The number of hydrogen-bond acceptors (Lipinski definition) is 3. The van der Waals surface area contributed by atoms with Crippen molar-refractivity contribution in [3.63, 3.8) is 0 Å². The second-order valence-electron chi connectivity index (χ2n) is 2.04. The summed E-state index contributed by atoms with van der Waals surface area (Å²) in [7, 11) is 0. The monoisotopic (exact) mass is 145 g/mol. The third-order valence-electron chi connectivity index (χ3n) is 1.16. The molecule has 0 aliphatic heterocycles. The molecule has 0 amide bonds. The van der Waals surface area contributed by atoms with Gasteiger partial charge in [-0.3, -0.25) is 9.59 Å². The first kappa shape index (κ1) is 9.10. The van der Waals surface area contributed by atoms with Gasteiger partial charge in [-0.25, -0.2) is 0 Å². The van der Waals surface area contributed by atoms with Crippen molar-refractivity contribution in [1.29, 1.82) is 0 Å². The van der Waals surface area contributed by atoms with E-state index in [2.05, 4.69) is 0 Å². The van der Waals surface area contributed by atoms with E-state index in [1.165, 1.54) is 0 Å². The fourth-order valence-corrected chi connectivity index (χ4v) is 0.477. The smallest absolute Gasteiger partial charge is 0.320 e. The molecular weight excluding hydrogens is 134 g/mol. The zero-order valence-corrected chi connectivity index (χ0v) is 5.83. The van der Waals surface area contributed by atoms with E-state index < -0.39 is 12.0 Å². The van der Waals surface area contributed by atoms with Crippen LogP contribution in [-0.2, 0) is 9.59 Å². The van der Waals surface area contributed by atoms with Gasteiger partial charge in [-0.05, 0) is 0 Å². The van der Waals surface area contributed by atoms with E-state index in [1.807, 2.05) is 0 Å². The number of carboxylic acids is 1. The summed E-state index contributed by atoms with van der Waals surface area (Å²) < 4.78 is 0. The van der Waals surface area contributed by atoms with Gasteiger partial charge in [0.2, 0.25) is 0 Å². The molecule has 4 heteroatoms. The summed E-state index contributed by atoms with van der Waals surface area (Å²) in [4.78, 5) is 20.7. The third-order valence-corrected chi connectivity index (χ3v) is 1.16. The topological polar surface area (TPSA) is 80.4 Å². The number of Topliss-reactive ketones (excluding diaryl/α,β-unsaturated/α-hetero) is 1. The highest BCUT2D eigenvalue weighted by Gasteiger charge is 2.14. The zero-order chi connectivity index (χ0) is 8.15. The van der Waals surface area contributed by atoms with Crippen LogP contribution in [0.2, 0.25) is 0 Å². The lowest BCUT2D eigenvalue weighted by molar-refractivity contribution is -0.140. The molecular formula is C6H11NO3. The minimum Gasteiger partial charge on any atom is -0.480 e.